The summed E-state index contributed by atoms with van der Waals surface area (Å²) in [6, 6.07) is 32.3. The van der Waals surface area contributed by atoms with Crippen molar-refractivity contribution in [3.05, 3.63) is 91.1 Å². The van der Waals surface area contributed by atoms with Crippen molar-refractivity contribution in [3.8, 4) is 0 Å². The van der Waals surface area contributed by atoms with E-state index in [0.717, 1.165) is 39.1 Å². The lowest BCUT2D eigenvalue weighted by Crippen LogP contribution is -2.00. The largest absolute Gasteiger partial charge is 0.503 e. The molecular weight excluding hydrogens is 346 g/mol. The number of fused-ring (bicyclic) bond motifs is 4. The molecule has 3 aromatic carbocycles. The Kier molecular flexibility index (Phi) is 3.10. The quantitative estimate of drug-likeness (QED) is 0.363. The molecule has 0 fully saturated rings. The summed E-state index contributed by atoms with van der Waals surface area (Å²) in [5.41, 5.74) is 5.81. The Hall–Kier alpha value is -4.01. The molecule has 4 heteroatoms. The monoisotopic (exact) mass is 361 g/mol. The number of benzene rings is 3. The Balaban J connectivity index is 1.62. The molecule has 0 unspecified atom stereocenters. The molecule has 3 heterocycles. The number of para-hydroxylation sites is 3. The maximum Gasteiger partial charge on any atom is 0.503 e. The summed E-state index contributed by atoms with van der Waals surface area (Å²) < 4.78 is 10.1. The minimum atomic E-state index is 0.662. The van der Waals surface area contributed by atoms with Gasteiger partial charge in [-0.1, -0.05) is 30.3 Å². The Morgan fingerprint density at radius 1 is 0.679 bits per heavy atom. The predicted octanol–water partition coefficient (Wildman–Crippen LogP) is 5.84. The van der Waals surface area contributed by atoms with E-state index >= 15 is 0 Å². The van der Waals surface area contributed by atoms with E-state index in [2.05, 4.69) is 68.7 Å². The van der Waals surface area contributed by atoms with E-state index in [-0.39, 0.29) is 0 Å². The van der Waals surface area contributed by atoms with Gasteiger partial charge in [-0.2, -0.15) is 0 Å². The van der Waals surface area contributed by atoms with Crippen LogP contribution in [0.5, 0.6) is 0 Å². The molecule has 28 heavy (non-hydrogen) atoms. The SMILES string of the molecule is C1=[N+](c2ccccc2)c2ccccc2[N+]=1c1ccc2oc3ncccc3c2c1. The summed E-state index contributed by atoms with van der Waals surface area (Å²) in [5, 5.41) is 2.07. The minimum absolute atomic E-state index is 0.662. The van der Waals surface area contributed by atoms with E-state index in [9.17, 15) is 0 Å². The van der Waals surface area contributed by atoms with Crippen molar-refractivity contribution < 1.29 is 4.42 Å². The maximum atomic E-state index is 5.87. The lowest BCUT2D eigenvalue weighted by molar-refractivity contribution is 0.654. The molecule has 0 saturated heterocycles. The highest BCUT2D eigenvalue weighted by Gasteiger charge is 2.36. The van der Waals surface area contributed by atoms with Crippen LogP contribution in [0.1, 0.15) is 0 Å². The minimum Gasteiger partial charge on any atom is -0.438 e. The van der Waals surface area contributed by atoms with Gasteiger partial charge < -0.3 is 4.42 Å². The second kappa shape index (κ2) is 5.74. The van der Waals surface area contributed by atoms with Crippen molar-refractivity contribution in [2.75, 3.05) is 0 Å². The molecule has 0 aliphatic carbocycles. The lowest BCUT2D eigenvalue weighted by Gasteiger charge is -1.96. The van der Waals surface area contributed by atoms with Gasteiger partial charge in [0.2, 0.25) is 17.1 Å². The van der Waals surface area contributed by atoms with E-state index < -0.39 is 0 Å². The fourth-order valence-corrected chi connectivity index (χ4v) is 3.76. The van der Waals surface area contributed by atoms with Crippen LogP contribution in [0.4, 0.5) is 22.7 Å². The smallest absolute Gasteiger partial charge is 0.438 e. The summed E-state index contributed by atoms with van der Waals surface area (Å²) in [6.07, 6.45) is 1.75. The molecule has 0 radical (unpaired) electrons. The fraction of sp³-hybridized carbons (Fsp3) is 0. The fourth-order valence-electron chi connectivity index (χ4n) is 3.76. The highest BCUT2D eigenvalue weighted by atomic mass is 16.3. The number of nitrogens with zero attached hydrogens (tertiary/aromatic N) is 3. The van der Waals surface area contributed by atoms with E-state index in [4.69, 9.17) is 4.42 Å². The summed E-state index contributed by atoms with van der Waals surface area (Å²) in [6.45, 7) is 0. The third-order valence-corrected chi connectivity index (χ3v) is 5.07. The first-order chi connectivity index (χ1) is 13.9. The third-order valence-electron chi connectivity index (χ3n) is 5.07. The van der Waals surface area contributed by atoms with Crippen LogP contribution >= 0.6 is 0 Å². The van der Waals surface area contributed by atoms with Crippen LogP contribution < -0.4 is 9.15 Å². The standard InChI is InChI=1S/C24H15N3O/c1-2-7-17(8-3-1)26-16-27(22-11-5-4-10-21(22)26)18-12-13-23-20(15-18)19-9-6-14-25-24(19)28-23/h1-15H/q+2. The van der Waals surface area contributed by atoms with Gasteiger partial charge in [-0.15, -0.1) is 0 Å². The zero-order valence-electron chi connectivity index (χ0n) is 14.9. The zero-order valence-corrected chi connectivity index (χ0v) is 14.9. The van der Waals surface area contributed by atoms with Crippen molar-refractivity contribution in [1.29, 1.82) is 0 Å². The molecule has 6 rings (SSSR count). The summed E-state index contributed by atoms with van der Waals surface area (Å²) in [7, 11) is 0. The highest BCUT2D eigenvalue weighted by molar-refractivity contribution is 6.05. The molecule has 4 nitrogen and oxygen atoms in total. The van der Waals surface area contributed by atoms with Gasteiger partial charge in [-0.3, -0.25) is 0 Å². The molecule has 0 spiro atoms. The van der Waals surface area contributed by atoms with Crippen LogP contribution in [0.15, 0.2) is 95.5 Å². The molecule has 2 aromatic heterocycles. The van der Waals surface area contributed by atoms with Gasteiger partial charge >= 0.3 is 6.01 Å². The highest BCUT2D eigenvalue weighted by Crippen LogP contribution is 2.37. The van der Waals surface area contributed by atoms with E-state index in [1.165, 1.54) is 0 Å². The zero-order chi connectivity index (χ0) is 18.5. The Bertz CT molecular complexity index is 1440. The number of rotatable bonds is 2. The number of hydrogen-bond acceptors (Lipinski definition) is 2. The second-order valence-corrected chi connectivity index (χ2v) is 6.73. The Labute approximate surface area is 160 Å². The van der Waals surface area contributed by atoms with E-state index in [1.54, 1.807) is 6.20 Å². The van der Waals surface area contributed by atoms with Crippen LogP contribution in [0.25, 0.3) is 22.1 Å². The van der Waals surface area contributed by atoms with E-state index in [0.29, 0.717) is 5.71 Å². The molecule has 0 bridgehead atoms. The number of aromatic nitrogens is 1. The van der Waals surface area contributed by atoms with Gasteiger partial charge in [0.15, 0.2) is 0 Å². The van der Waals surface area contributed by atoms with Gasteiger partial charge in [0.25, 0.3) is 11.4 Å². The molecule has 0 atom stereocenters. The van der Waals surface area contributed by atoms with Crippen molar-refractivity contribution in [2.45, 2.75) is 0 Å². The molecule has 0 amide bonds. The Morgan fingerprint density at radius 2 is 1.43 bits per heavy atom. The molecule has 1 aliphatic rings. The van der Waals surface area contributed by atoms with Crippen molar-refractivity contribution >= 4 is 50.8 Å². The normalized spacial score (nSPS) is 12.9. The molecular formula is C24H15N3O+2. The number of pyridine rings is 1. The van der Waals surface area contributed by atoms with Crippen LogP contribution in [0, 0.1) is 0 Å². The van der Waals surface area contributed by atoms with E-state index in [1.807, 2.05) is 36.4 Å². The molecule has 5 aromatic rings. The van der Waals surface area contributed by atoms with Gasteiger partial charge in [0.1, 0.15) is 5.58 Å². The summed E-state index contributed by atoms with van der Waals surface area (Å²) in [5.74, 6) is 0. The first-order valence-electron chi connectivity index (χ1n) is 9.16. The molecule has 130 valence electrons. The number of hydrogen-bond donors (Lipinski definition) is 0. The summed E-state index contributed by atoms with van der Waals surface area (Å²) >= 11 is 0. The van der Waals surface area contributed by atoms with Gasteiger partial charge in [-0.25, -0.2) is 4.98 Å². The second-order valence-electron chi connectivity index (χ2n) is 6.73. The van der Waals surface area contributed by atoms with Gasteiger partial charge in [0.05, 0.1) is 0 Å². The molecule has 1 aliphatic heterocycles. The first-order valence-corrected chi connectivity index (χ1v) is 9.16. The van der Waals surface area contributed by atoms with Gasteiger partial charge in [0, 0.05) is 53.4 Å². The molecule has 0 saturated carbocycles. The summed E-state index contributed by atoms with van der Waals surface area (Å²) in [4.78, 5) is 4.33. The van der Waals surface area contributed by atoms with Crippen molar-refractivity contribution in [2.24, 2.45) is 0 Å². The predicted molar refractivity (Wildman–Crippen MR) is 112 cm³/mol. The lowest BCUT2D eigenvalue weighted by atomic mass is 10.1. The van der Waals surface area contributed by atoms with Gasteiger partial charge in [-0.05, 0) is 27.4 Å². The Morgan fingerprint density at radius 3 is 2.25 bits per heavy atom. The first kappa shape index (κ1) is 15.1. The van der Waals surface area contributed by atoms with Crippen LogP contribution in [0.3, 0.4) is 0 Å². The molecule has 0 N–H and O–H groups in total. The third kappa shape index (κ3) is 2.16. The van der Waals surface area contributed by atoms with Crippen molar-refractivity contribution in [1.82, 2.24) is 14.1 Å². The van der Waals surface area contributed by atoms with Crippen LogP contribution in [-0.2, 0) is 0 Å². The average Bonchev–Trinajstić information content (AvgIpc) is 3.33. The van der Waals surface area contributed by atoms with Crippen LogP contribution in [0.2, 0.25) is 0 Å². The maximum absolute atomic E-state index is 5.87. The topological polar surface area (TPSA) is 32.0 Å². The average molecular weight is 361 g/mol. The van der Waals surface area contributed by atoms with Crippen molar-refractivity contribution in [3.63, 3.8) is 0 Å². The van der Waals surface area contributed by atoms with Crippen LogP contribution in [-0.4, -0.2) is 11.0 Å². The number of furan rings is 1.